The largest absolute Gasteiger partial charge is 0.458 e. The van der Waals surface area contributed by atoms with Gasteiger partial charge in [-0.2, -0.15) is 35.1 Å². The third-order valence-electron chi connectivity index (χ3n) is 3.47. The van der Waals surface area contributed by atoms with Crippen molar-refractivity contribution in [2.24, 2.45) is 0 Å². The van der Waals surface area contributed by atoms with E-state index in [-0.39, 0.29) is 12.1 Å². The Morgan fingerprint density at radius 2 is 1.36 bits per heavy atom. The van der Waals surface area contributed by atoms with E-state index in [0.717, 1.165) is 0 Å². The topological polar surface area (TPSA) is 52.6 Å². The monoisotopic (exact) mass is 418 g/mol. The Morgan fingerprint density at radius 3 is 1.79 bits per heavy atom. The summed E-state index contributed by atoms with van der Waals surface area (Å²) < 4.78 is 113. The lowest BCUT2D eigenvalue weighted by atomic mass is 9.96. The molecule has 12 heteroatoms. The minimum atomic E-state index is -6.31. The van der Waals surface area contributed by atoms with Crippen LogP contribution in [0.1, 0.15) is 30.5 Å². The van der Waals surface area contributed by atoms with Crippen LogP contribution in [-0.4, -0.2) is 23.9 Å². The number of ether oxygens (including phenoxy) is 2. The van der Waals surface area contributed by atoms with Gasteiger partial charge in [0.2, 0.25) is 0 Å². The molecule has 1 aromatic carbocycles. The second-order valence-electron chi connectivity index (χ2n) is 6.11. The van der Waals surface area contributed by atoms with Gasteiger partial charge in [0.25, 0.3) is 5.79 Å². The minimum absolute atomic E-state index is 0.00912. The summed E-state index contributed by atoms with van der Waals surface area (Å²) in [4.78, 5) is 23.6. The Hall–Kier alpha value is -2.66. The molecule has 0 aromatic heterocycles. The van der Waals surface area contributed by atoms with Gasteiger partial charge in [-0.3, -0.25) is 0 Å². The minimum Gasteiger partial charge on any atom is -0.419 e. The van der Waals surface area contributed by atoms with E-state index in [1.165, 1.54) is 13.8 Å². The van der Waals surface area contributed by atoms with Crippen molar-refractivity contribution < 1.29 is 54.2 Å². The van der Waals surface area contributed by atoms with E-state index >= 15 is 0 Å². The van der Waals surface area contributed by atoms with Gasteiger partial charge in [-0.05, 0) is 23.8 Å². The van der Waals surface area contributed by atoms with Crippen molar-refractivity contribution in [1.29, 1.82) is 0 Å². The first-order chi connectivity index (χ1) is 12.5. The predicted molar refractivity (Wildman–Crippen MR) is 75.6 cm³/mol. The zero-order valence-electron chi connectivity index (χ0n) is 14.0. The quantitative estimate of drug-likeness (QED) is 0.306. The Bertz CT molecular complexity index is 827. The molecule has 1 aliphatic rings. The van der Waals surface area contributed by atoms with Crippen molar-refractivity contribution in [2.75, 3.05) is 0 Å². The number of rotatable bonds is 2. The third-order valence-corrected chi connectivity index (χ3v) is 3.47. The van der Waals surface area contributed by atoms with E-state index in [4.69, 9.17) is 9.47 Å². The zero-order valence-corrected chi connectivity index (χ0v) is 14.0. The normalized spacial score (nSPS) is 17.9. The fourth-order valence-electron chi connectivity index (χ4n) is 2.26. The van der Waals surface area contributed by atoms with Crippen LogP contribution in [0.25, 0.3) is 6.08 Å². The number of alkyl halides is 8. The maximum absolute atomic E-state index is 13.6. The molecule has 0 saturated carbocycles. The van der Waals surface area contributed by atoms with Crippen LogP contribution in [0.15, 0.2) is 23.8 Å². The lowest BCUT2D eigenvalue weighted by molar-refractivity contribution is -0.291. The van der Waals surface area contributed by atoms with Gasteiger partial charge in [-0.15, -0.1) is 0 Å². The molecule has 0 unspecified atom stereocenters. The summed E-state index contributed by atoms with van der Waals surface area (Å²) in [5.74, 6) is -10.1. The number of halogens is 8. The molecule has 28 heavy (non-hydrogen) atoms. The summed E-state index contributed by atoms with van der Waals surface area (Å²) in [6, 6.07) is 0.403. The fourth-order valence-corrected chi connectivity index (χ4v) is 2.26. The van der Waals surface area contributed by atoms with Gasteiger partial charge in [-0.25, -0.2) is 9.59 Å². The van der Waals surface area contributed by atoms with Crippen LogP contribution < -0.4 is 0 Å². The standard InChI is InChI=1S/C16H10F8O4/c1-13(2)27-11(25)8(12(26)28-13)5-7-3-4-9(15(19,20)21)10(6-7)14(17,18)16(22,23)24/h3-6H,1-2H3. The highest BCUT2D eigenvalue weighted by Gasteiger charge is 2.61. The second kappa shape index (κ2) is 6.45. The number of esters is 2. The second-order valence-corrected chi connectivity index (χ2v) is 6.11. The number of benzene rings is 1. The lowest BCUT2D eigenvalue weighted by Crippen LogP contribution is -2.41. The van der Waals surface area contributed by atoms with Crippen LogP contribution in [0.4, 0.5) is 35.1 Å². The zero-order chi connectivity index (χ0) is 21.7. The highest BCUT2D eigenvalue weighted by Crippen LogP contribution is 2.48. The van der Waals surface area contributed by atoms with Crippen molar-refractivity contribution in [1.82, 2.24) is 0 Å². The van der Waals surface area contributed by atoms with E-state index in [2.05, 4.69) is 0 Å². The first-order valence-electron chi connectivity index (χ1n) is 7.30. The SMILES string of the molecule is CC1(C)OC(=O)C(=Cc2ccc(C(F)(F)F)c(C(F)(F)C(F)(F)F)c2)C(=O)O1. The molecule has 0 N–H and O–H groups in total. The van der Waals surface area contributed by atoms with E-state index in [1.807, 2.05) is 0 Å². The molecule has 0 atom stereocenters. The summed E-state index contributed by atoms with van der Waals surface area (Å²) in [5, 5.41) is 0. The smallest absolute Gasteiger partial charge is 0.419 e. The van der Waals surface area contributed by atoms with E-state index < -0.39 is 58.3 Å². The first-order valence-corrected chi connectivity index (χ1v) is 7.30. The Kier molecular flexibility index (Phi) is 4.98. The predicted octanol–water partition coefficient (Wildman–Crippen LogP) is 4.58. The molecule has 1 saturated heterocycles. The molecule has 1 aliphatic heterocycles. The number of carbonyl (C=O) groups is 2. The Morgan fingerprint density at radius 1 is 0.857 bits per heavy atom. The van der Waals surface area contributed by atoms with Gasteiger partial charge in [0, 0.05) is 19.4 Å². The number of cyclic esters (lactones) is 2. The summed E-state index contributed by atoms with van der Waals surface area (Å²) in [6.07, 6.45) is -11.3. The molecule has 154 valence electrons. The van der Waals surface area contributed by atoms with Crippen molar-refractivity contribution in [3.05, 3.63) is 40.5 Å². The van der Waals surface area contributed by atoms with Crippen LogP contribution in [0.3, 0.4) is 0 Å². The molecular weight excluding hydrogens is 408 g/mol. The van der Waals surface area contributed by atoms with E-state index in [0.29, 0.717) is 12.1 Å². The van der Waals surface area contributed by atoms with Gasteiger partial charge in [0.15, 0.2) is 0 Å². The first kappa shape index (κ1) is 21.6. The van der Waals surface area contributed by atoms with Crippen LogP contribution in [0.2, 0.25) is 0 Å². The molecular formula is C16H10F8O4. The summed E-state index contributed by atoms with van der Waals surface area (Å²) in [7, 11) is 0. The Balaban J connectivity index is 2.62. The number of hydrogen-bond acceptors (Lipinski definition) is 4. The summed E-state index contributed by atoms with van der Waals surface area (Å²) in [6.45, 7) is 2.39. The van der Waals surface area contributed by atoms with Crippen molar-refractivity contribution in [3.8, 4) is 0 Å². The molecule has 0 spiro atoms. The molecule has 2 rings (SSSR count). The molecule has 0 radical (unpaired) electrons. The average molecular weight is 418 g/mol. The molecule has 1 aromatic rings. The molecule has 4 nitrogen and oxygen atoms in total. The van der Waals surface area contributed by atoms with Gasteiger partial charge < -0.3 is 9.47 Å². The van der Waals surface area contributed by atoms with Crippen LogP contribution in [0, 0.1) is 0 Å². The third kappa shape index (κ3) is 4.09. The summed E-state index contributed by atoms with van der Waals surface area (Å²) in [5.41, 5.74) is -6.18. The molecule has 0 aliphatic carbocycles. The highest BCUT2D eigenvalue weighted by atomic mass is 19.4. The molecule has 0 bridgehead atoms. The van der Waals surface area contributed by atoms with Gasteiger partial charge >= 0.3 is 30.2 Å². The van der Waals surface area contributed by atoms with Crippen LogP contribution in [-0.2, 0) is 31.2 Å². The van der Waals surface area contributed by atoms with Crippen LogP contribution in [0.5, 0.6) is 0 Å². The Labute approximate surface area is 151 Å². The molecule has 1 heterocycles. The average Bonchev–Trinajstić information content (AvgIpc) is 2.47. The van der Waals surface area contributed by atoms with Crippen molar-refractivity contribution in [2.45, 2.75) is 37.9 Å². The van der Waals surface area contributed by atoms with Crippen molar-refractivity contribution >= 4 is 18.0 Å². The maximum Gasteiger partial charge on any atom is 0.458 e. The van der Waals surface area contributed by atoms with Gasteiger partial charge in [0.05, 0.1) is 5.56 Å². The summed E-state index contributed by atoms with van der Waals surface area (Å²) >= 11 is 0. The highest BCUT2D eigenvalue weighted by molar-refractivity contribution is 6.18. The fraction of sp³-hybridized carbons (Fsp3) is 0.375. The molecule has 1 fully saturated rings. The lowest BCUT2D eigenvalue weighted by Gasteiger charge is -2.29. The number of hydrogen-bond donors (Lipinski definition) is 0. The maximum atomic E-state index is 13.6. The van der Waals surface area contributed by atoms with Gasteiger partial charge in [-0.1, -0.05) is 6.07 Å². The number of carbonyl (C=O) groups excluding carboxylic acids is 2. The van der Waals surface area contributed by atoms with Gasteiger partial charge in [0.1, 0.15) is 5.57 Å². The van der Waals surface area contributed by atoms with Crippen LogP contribution >= 0.6 is 0 Å². The van der Waals surface area contributed by atoms with E-state index in [9.17, 15) is 44.7 Å². The molecule has 0 amide bonds. The van der Waals surface area contributed by atoms with Crippen molar-refractivity contribution in [3.63, 3.8) is 0 Å². The van der Waals surface area contributed by atoms with E-state index in [1.54, 1.807) is 0 Å².